The fourth-order valence-corrected chi connectivity index (χ4v) is 2.60. The highest BCUT2D eigenvalue weighted by Gasteiger charge is 2.19. The van der Waals surface area contributed by atoms with Gasteiger partial charge in [0.25, 0.3) is 0 Å². The maximum absolute atomic E-state index is 13.5. The predicted molar refractivity (Wildman–Crippen MR) is 92.9 cm³/mol. The summed E-state index contributed by atoms with van der Waals surface area (Å²) < 4.78 is 19.2. The number of benzene rings is 2. The Morgan fingerprint density at radius 3 is 2.56 bits per heavy atom. The second-order valence-corrected chi connectivity index (χ2v) is 5.72. The molecule has 2 aromatic carbocycles. The van der Waals surface area contributed by atoms with Crippen molar-refractivity contribution >= 4 is 17.6 Å². The zero-order chi connectivity index (χ0) is 18.0. The molecule has 0 unspecified atom stereocenters. The van der Waals surface area contributed by atoms with Gasteiger partial charge in [-0.15, -0.1) is 0 Å². The van der Waals surface area contributed by atoms with Gasteiger partial charge in [-0.1, -0.05) is 35.9 Å². The van der Waals surface area contributed by atoms with E-state index in [4.69, 9.17) is 16.3 Å². The van der Waals surface area contributed by atoms with Crippen LogP contribution in [0.15, 0.2) is 54.6 Å². The highest BCUT2D eigenvalue weighted by Crippen LogP contribution is 2.34. The molecular weight excluding hydrogens is 345 g/mol. The van der Waals surface area contributed by atoms with Crippen molar-refractivity contribution in [2.75, 3.05) is 0 Å². The summed E-state index contributed by atoms with van der Waals surface area (Å²) >= 11 is 6.09. The van der Waals surface area contributed by atoms with E-state index in [0.29, 0.717) is 22.0 Å². The maximum Gasteiger partial charge on any atom is 0.341 e. The molecule has 6 heteroatoms. The molecule has 126 valence electrons. The van der Waals surface area contributed by atoms with Gasteiger partial charge in [0.1, 0.15) is 22.9 Å². The standard InChI is InChI=1S/C19H13ClFNO3/c1-11-18(19(23)24)17(25-16-8-3-2-7-14(16)20)10-15(22-11)12-5-4-6-13(21)9-12/h2-10H,1H3,(H,23,24). The van der Waals surface area contributed by atoms with E-state index in [0.717, 1.165) is 0 Å². The molecule has 0 saturated heterocycles. The minimum absolute atomic E-state index is 0.0694. The lowest BCUT2D eigenvalue weighted by Gasteiger charge is -2.13. The lowest BCUT2D eigenvalue weighted by atomic mass is 10.1. The number of halogens is 2. The maximum atomic E-state index is 13.5. The second-order valence-electron chi connectivity index (χ2n) is 5.31. The Morgan fingerprint density at radius 1 is 1.12 bits per heavy atom. The number of hydrogen-bond donors (Lipinski definition) is 1. The minimum Gasteiger partial charge on any atom is -0.477 e. The summed E-state index contributed by atoms with van der Waals surface area (Å²) in [5.41, 5.74) is 1.12. The van der Waals surface area contributed by atoms with Gasteiger partial charge in [-0.25, -0.2) is 9.18 Å². The summed E-state index contributed by atoms with van der Waals surface area (Å²) in [4.78, 5) is 15.9. The van der Waals surface area contributed by atoms with Gasteiger partial charge in [-0.2, -0.15) is 0 Å². The van der Waals surface area contributed by atoms with Crippen molar-refractivity contribution in [2.45, 2.75) is 6.92 Å². The van der Waals surface area contributed by atoms with E-state index >= 15 is 0 Å². The first kappa shape index (κ1) is 16.9. The van der Waals surface area contributed by atoms with Crippen LogP contribution in [0.2, 0.25) is 5.02 Å². The van der Waals surface area contributed by atoms with Crippen LogP contribution in [0.3, 0.4) is 0 Å². The lowest BCUT2D eigenvalue weighted by molar-refractivity contribution is 0.0693. The molecule has 0 amide bonds. The van der Waals surface area contributed by atoms with E-state index in [2.05, 4.69) is 4.98 Å². The zero-order valence-electron chi connectivity index (χ0n) is 13.2. The molecule has 3 rings (SSSR count). The Labute approximate surface area is 148 Å². The lowest BCUT2D eigenvalue weighted by Crippen LogP contribution is -2.06. The largest absolute Gasteiger partial charge is 0.477 e. The number of aromatic carboxylic acids is 1. The van der Waals surface area contributed by atoms with Crippen molar-refractivity contribution in [1.29, 1.82) is 0 Å². The fourth-order valence-electron chi connectivity index (χ4n) is 2.43. The van der Waals surface area contributed by atoms with Crippen LogP contribution in [0.1, 0.15) is 16.1 Å². The van der Waals surface area contributed by atoms with Gasteiger partial charge in [0.2, 0.25) is 0 Å². The predicted octanol–water partition coefficient (Wildman–Crippen LogP) is 5.34. The van der Waals surface area contributed by atoms with Crippen LogP contribution in [0.25, 0.3) is 11.3 Å². The number of aromatic nitrogens is 1. The van der Waals surface area contributed by atoms with Crippen LogP contribution in [-0.2, 0) is 0 Å². The van der Waals surface area contributed by atoms with Gasteiger partial charge in [-0.05, 0) is 31.2 Å². The third kappa shape index (κ3) is 3.61. The van der Waals surface area contributed by atoms with Crippen LogP contribution in [0.5, 0.6) is 11.5 Å². The first-order chi connectivity index (χ1) is 12.0. The Hall–Kier alpha value is -2.92. The number of hydrogen-bond acceptors (Lipinski definition) is 3. The molecule has 1 N–H and O–H groups in total. The summed E-state index contributed by atoms with van der Waals surface area (Å²) in [6.07, 6.45) is 0. The summed E-state index contributed by atoms with van der Waals surface area (Å²) in [5, 5.41) is 9.83. The number of nitrogens with zero attached hydrogens (tertiary/aromatic N) is 1. The summed E-state index contributed by atoms with van der Waals surface area (Å²) in [7, 11) is 0. The molecule has 0 aliphatic rings. The highest BCUT2D eigenvalue weighted by molar-refractivity contribution is 6.32. The van der Waals surface area contributed by atoms with Crippen molar-refractivity contribution in [3.8, 4) is 22.8 Å². The molecule has 1 heterocycles. The molecule has 0 spiro atoms. The molecule has 0 saturated carbocycles. The van der Waals surface area contributed by atoms with Crippen LogP contribution < -0.4 is 4.74 Å². The normalized spacial score (nSPS) is 10.5. The summed E-state index contributed by atoms with van der Waals surface area (Å²) in [6, 6.07) is 14.1. The highest BCUT2D eigenvalue weighted by atomic mass is 35.5. The first-order valence-electron chi connectivity index (χ1n) is 7.39. The zero-order valence-corrected chi connectivity index (χ0v) is 13.9. The fraction of sp³-hybridized carbons (Fsp3) is 0.0526. The van der Waals surface area contributed by atoms with Gasteiger partial charge in [0.15, 0.2) is 0 Å². The average Bonchev–Trinajstić information content (AvgIpc) is 2.56. The monoisotopic (exact) mass is 357 g/mol. The number of pyridine rings is 1. The second kappa shape index (κ2) is 6.91. The molecule has 0 atom stereocenters. The number of carbonyl (C=O) groups is 1. The molecule has 0 aliphatic carbocycles. The number of carboxylic acids is 1. The van der Waals surface area contributed by atoms with Crippen molar-refractivity contribution in [3.05, 3.63) is 76.7 Å². The van der Waals surface area contributed by atoms with Crippen LogP contribution in [-0.4, -0.2) is 16.1 Å². The van der Waals surface area contributed by atoms with Gasteiger partial charge in [-0.3, -0.25) is 4.98 Å². The summed E-state index contributed by atoms with van der Waals surface area (Å²) in [6.45, 7) is 1.56. The molecule has 0 aliphatic heterocycles. The van der Waals surface area contributed by atoms with Gasteiger partial charge >= 0.3 is 5.97 Å². The van der Waals surface area contributed by atoms with Crippen molar-refractivity contribution in [3.63, 3.8) is 0 Å². The number of rotatable bonds is 4. The van der Waals surface area contributed by atoms with Gasteiger partial charge < -0.3 is 9.84 Å². The van der Waals surface area contributed by atoms with Crippen LogP contribution in [0, 0.1) is 12.7 Å². The Morgan fingerprint density at radius 2 is 1.88 bits per heavy atom. The van der Waals surface area contributed by atoms with Gasteiger partial charge in [0.05, 0.1) is 16.4 Å². The molecule has 1 aromatic heterocycles. The average molecular weight is 358 g/mol. The smallest absolute Gasteiger partial charge is 0.341 e. The summed E-state index contributed by atoms with van der Waals surface area (Å²) in [5.74, 6) is -1.17. The topological polar surface area (TPSA) is 59.4 Å². The third-order valence-corrected chi connectivity index (χ3v) is 3.87. The molecule has 0 fully saturated rings. The van der Waals surface area contributed by atoms with Crippen LogP contribution >= 0.6 is 11.6 Å². The molecule has 0 radical (unpaired) electrons. The van der Waals surface area contributed by atoms with E-state index in [9.17, 15) is 14.3 Å². The third-order valence-electron chi connectivity index (χ3n) is 3.55. The van der Waals surface area contributed by atoms with Crippen LogP contribution in [0.4, 0.5) is 4.39 Å². The van der Waals surface area contributed by atoms with Gasteiger partial charge in [0, 0.05) is 11.6 Å². The molecule has 0 bridgehead atoms. The van der Waals surface area contributed by atoms with E-state index in [1.807, 2.05) is 0 Å². The number of carboxylic acid groups (broad SMARTS) is 1. The molecule has 3 aromatic rings. The van der Waals surface area contributed by atoms with E-state index in [1.165, 1.54) is 18.2 Å². The Balaban J connectivity index is 2.14. The van der Waals surface area contributed by atoms with Crippen molar-refractivity contribution < 1.29 is 19.0 Å². The molecular formula is C19H13ClFNO3. The van der Waals surface area contributed by atoms with E-state index in [-0.39, 0.29) is 17.0 Å². The Kier molecular flexibility index (Phi) is 4.67. The Bertz CT molecular complexity index is 959. The van der Waals surface area contributed by atoms with E-state index < -0.39 is 11.8 Å². The molecule has 4 nitrogen and oxygen atoms in total. The minimum atomic E-state index is -1.17. The van der Waals surface area contributed by atoms with Crippen molar-refractivity contribution in [2.24, 2.45) is 0 Å². The van der Waals surface area contributed by atoms with E-state index in [1.54, 1.807) is 43.3 Å². The number of aryl methyl sites for hydroxylation is 1. The SMILES string of the molecule is Cc1nc(-c2cccc(F)c2)cc(Oc2ccccc2Cl)c1C(=O)O. The molecule has 25 heavy (non-hydrogen) atoms. The quantitative estimate of drug-likeness (QED) is 0.684. The number of ether oxygens (including phenoxy) is 1. The first-order valence-corrected chi connectivity index (χ1v) is 7.77. The number of para-hydroxylation sites is 1. The van der Waals surface area contributed by atoms with Crippen molar-refractivity contribution in [1.82, 2.24) is 4.98 Å².